The third-order valence-corrected chi connectivity index (χ3v) is 4.50. The van der Waals surface area contributed by atoms with Crippen LogP contribution in [0.3, 0.4) is 0 Å². The molecule has 0 atom stereocenters. The van der Waals surface area contributed by atoms with Crippen LogP contribution < -0.4 is 0 Å². The van der Waals surface area contributed by atoms with Gasteiger partial charge in [-0.25, -0.2) is 0 Å². The Balaban J connectivity index is 1.69. The van der Waals surface area contributed by atoms with Gasteiger partial charge in [0, 0.05) is 12.8 Å². The Morgan fingerprint density at radius 3 is 2.29 bits per heavy atom. The molecule has 1 heterocycles. The van der Waals surface area contributed by atoms with Crippen LogP contribution in [0.1, 0.15) is 38.5 Å². The maximum atomic E-state index is 10.6. The van der Waals surface area contributed by atoms with E-state index in [0.717, 1.165) is 32.1 Å². The van der Waals surface area contributed by atoms with Crippen molar-refractivity contribution in [1.82, 2.24) is 0 Å². The van der Waals surface area contributed by atoms with Gasteiger partial charge in [0.2, 0.25) is 0 Å². The minimum absolute atomic E-state index is 0.123. The molecular weight excluding hydrogens is 244 g/mol. The standard InChI is InChI=1S/C11H20O5S/c12-17(13,14)9-1-2-10-3-5-11(6-4-10)15-7-8-16-11/h10H,1-9H2,(H,12,13,14). The number of ether oxygens (including phenoxy) is 2. The molecule has 0 aromatic rings. The Bertz CT molecular complexity index is 335. The Morgan fingerprint density at radius 1 is 1.18 bits per heavy atom. The molecule has 0 aromatic heterocycles. The van der Waals surface area contributed by atoms with Crippen LogP contribution in [0.4, 0.5) is 0 Å². The molecule has 100 valence electrons. The van der Waals surface area contributed by atoms with E-state index in [2.05, 4.69) is 0 Å². The average Bonchev–Trinajstić information content (AvgIpc) is 2.68. The Kier molecular flexibility index (Phi) is 4.07. The minimum Gasteiger partial charge on any atom is -0.348 e. The zero-order valence-electron chi connectivity index (χ0n) is 9.93. The van der Waals surface area contributed by atoms with Gasteiger partial charge in [-0.2, -0.15) is 8.42 Å². The molecule has 2 aliphatic rings. The fraction of sp³-hybridized carbons (Fsp3) is 1.00. The maximum absolute atomic E-state index is 10.6. The molecule has 1 saturated heterocycles. The van der Waals surface area contributed by atoms with E-state index in [0.29, 0.717) is 25.6 Å². The number of rotatable bonds is 4. The first-order valence-electron chi connectivity index (χ1n) is 6.22. The first-order valence-corrected chi connectivity index (χ1v) is 7.83. The average molecular weight is 264 g/mol. The van der Waals surface area contributed by atoms with Gasteiger partial charge in [-0.3, -0.25) is 4.55 Å². The lowest BCUT2D eigenvalue weighted by molar-refractivity contribution is -0.182. The van der Waals surface area contributed by atoms with E-state index >= 15 is 0 Å². The van der Waals surface area contributed by atoms with Gasteiger partial charge in [0.05, 0.1) is 19.0 Å². The summed E-state index contributed by atoms with van der Waals surface area (Å²) >= 11 is 0. The molecule has 1 aliphatic carbocycles. The van der Waals surface area contributed by atoms with Gasteiger partial charge in [-0.05, 0) is 31.6 Å². The molecule has 2 fully saturated rings. The molecule has 1 aliphatic heterocycles. The molecule has 17 heavy (non-hydrogen) atoms. The quantitative estimate of drug-likeness (QED) is 0.781. The third kappa shape index (κ3) is 3.91. The predicted molar refractivity (Wildman–Crippen MR) is 62.2 cm³/mol. The van der Waals surface area contributed by atoms with E-state index in [1.54, 1.807) is 0 Å². The van der Waals surface area contributed by atoms with Gasteiger partial charge in [-0.15, -0.1) is 0 Å². The summed E-state index contributed by atoms with van der Waals surface area (Å²) < 4.78 is 41.1. The van der Waals surface area contributed by atoms with E-state index in [9.17, 15) is 8.42 Å². The van der Waals surface area contributed by atoms with Crippen LogP contribution in [0.5, 0.6) is 0 Å². The van der Waals surface area contributed by atoms with Crippen molar-refractivity contribution in [2.75, 3.05) is 19.0 Å². The molecule has 1 N–H and O–H groups in total. The van der Waals surface area contributed by atoms with Crippen molar-refractivity contribution in [3.05, 3.63) is 0 Å². The maximum Gasteiger partial charge on any atom is 0.264 e. The fourth-order valence-corrected chi connectivity index (χ4v) is 3.28. The van der Waals surface area contributed by atoms with Gasteiger partial charge in [0.1, 0.15) is 0 Å². The lowest BCUT2D eigenvalue weighted by atomic mass is 9.83. The van der Waals surface area contributed by atoms with Gasteiger partial charge in [-0.1, -0.05) is 0 Å². The van der Waals surface area contributed by atoms with Crippen molar-refractivity contribution < 1.29 is 22.4 Å². The van der Waals surface area contributed by atoms with Crippen LogP contribution in [0.25, 0.3) is 0 Å². The third-order valence-electron chi connectivity index (χ3n) is 3.70. The minimum atomic E-state index is -3.80. The van der Waals surface area contributed by atoms with E-state index in [1.165, 1.54) is 0 Å². The molecule has 0 amide bonds. The zero-order chi connectivity index (χ0) is 12.4. The van der Waals surface area contributed by atoms with Crippen molar-refractivity contribution in [1.29, 1.82) is 0 Å². The molecule has 5 nitrogen and oxygen atoms in total. The van der Waals surface area contributed by atoms with Crippen LogP contribution in [0.2, 0.25) is 0 Å². The summed E-state index contributed by atoms with van der Waals surface area (Å²) in [5.74, 6) is 0.0801. The van der Waals surface area contributed by atoms with Gasteiger partial charge < -0.3 is 9.47 Å². The van der Waals surface area contributed by atoms with Gasteiger partial charge in [0.25, 0.3) is 10.1 Å². The SMILES string of the molecule is O=S(=O)(O)CCCC1CCC2(CC1)OCCO2. The topological polar surface area (TPSA) is 72.8 Å². The summed E-state index contributed by atoms with van der Waals surface area (Å²) in [5, 5.41) is 0. The second-order valence-electron chi connectivity index (χ2n) is 4.98. The highest BCUT2D eigenvalue weighted by Gasteiger charge is 2.39. The summed E-state index contributed by atoms with van der Waals surface area (Å²) in [6.07, 6.45) is 5.25. The molecule has 0 bridgehead atoms. The zero-order valence-corrected chi connectivity index (χ0v) is 10.7. The van der Waals surface area contributed by atoms with Crippen molar-refractivity contribution in [3.63, 3.8) is 0 Å². The molecule has 2 rings (SSSR count). The summed E-state index contributed by atoms with van der Waals surface area (Å²) in [7, 11) is -3.80. The van der Waals surface area contributed by atoms with E-state index < -0.39 is 10.1 Å². The highest BCUT2D eigenvalue weighted by atomic mass is 32.2. The van der Waals surface area contributed by atoms with E-state index in [4.69, 9.17) is 14.0 Å². The summed E-state index contributed by atoms with van der Waals surface area (Å²) in [4.78, 5) is 0. The Labute approximate surface area is 102 Å². The monoisotopic (exact) mass is 264 g/mol. The number of hydrogen-bond donors (Lipinski definition) is 1. The van der Waals surface area contributed by atoms with Crippen molar-refractivity contribution in [3.8, 4) is 0 Å². The predicted octanol–water partition coefficient (Wildman–Crippen LogP) is 1.59. The second kappa shape index (κ2) is 5.22. The first kappa shape index (κ1) is 13.3. The molecular formula is C11H20O5S. The Morgan fingerprint density at radius 2 is 1.76 bits per heavy atom. The highest BCUT2D eigenvalue weighted by Crippen LogP contribution is 2.39. The van der Waals surface area contributed by atoms with Crippen molar-refractivity contribution >= 4 is 10.1 Å². The number of hydrogen-bond acceptors (Lipinski definition) is 4. The normalized spacial score (nSPS) is 25.5. The molecule has 0 aromatic carbocycles. The van der Waals surface area contributed by atoms with Crippen LogP contribution in [0, 0.1) is 5.92 Å². The van der Waals surface area contributed by atoms with Crippen LogP contribution >= 0.6 is 0 Å². The largest absolute Gasteiger partial charge is 0.348 e. The molecule has 0 unspecified atom stereocenters. The van der Waals surface area contributed by atoms with Crippen molar-refractivity contribution in [2.45, 2.75) is 44.3 Å². The van der Waals surface area contributed by atoms with Crippen LogP contribution in [0.15, 0.2) is 0 Å². The smallest absolute Gasteiger partial charge is 0.264 e. The lowest BCUT2D eigenvalue weighted by Crippen LogP contribution is -2.35. The van der Waals surface area contributed by atoms with E-state index in [-0.39, 0.29) is 11.5 Å². The Hall–Kier alpha value is -0.170. The van der Waals surface area contributed by atoms with Crippen LogP contribution in [-0.4, -0.2) is 37.7 Å². The first-order chi connectivity index (χ1) is 7.99. The molecule has 0 radical (unpaired) electrons. The second-order valence-corrected chi connectivity index (χ2v) is 6.55. The highest BCUT2D eigenvalue weighted by molar-refractivity contribution is 7.85. The van der Waals surface area contributed by atoms with Gasteiger partial charge >= 0.3 is 0 Å². The molecule has 1 saturated carbocycles. The van der Waals surface area contributed by atoms with Crippen molar-refractivity contribution in [2.24, 2.45) is 5.92 Å². The summed E-state index contributed by atoms with van der Waals surface area (Å²) in [5.41, 5.74) is 0. The fourth-order valence-electron chi connectivity index (χ4n) is 2.75. The van der Waals surface area contributed by atoms with Gasteiger partial charge in [0.15, 0.2) is 5.79 Å². The van der Waals surface area contributed by atoms with Crippen LogP contribution in [-0.2, 0) is 19.6 Å². The lowest BCUT2D eigenvalue weighted by Gasteiger charge is -2.35. The molecule has 1 spiro atoms. The van der Waals surface area contributed by atoms with E-state index in [1.807, 2.05) is 0 Å². The summed E-state index contributed by atoms with van der Waals surface area (Å²) in [6.45, 7) is 1.38. The summed E-state index contributed by atoms with van der Waals surface area (Å²) in [6, 6.07) is 0. The molecule has 6 heteroatoms.